The Morgan fingerprint density at radius 1 is 0.946 bits per heavy atom. The lowest BCUT2D eigenvalue weighted by Gasteiger charge is -2.34. The first-order chi connectivity index (χ1) is 18.0. The molecule has 5 rings (SSSR count). The summed E-state index contributed by atoms with van der Waals surface area (Å²) < 4.78 is 31.7. The molecule has 11 heteroatoms. The van der Waals surface area contributed by atoms with Gasteiger partial charge in [-0.25, -0.2) is 14.1 Å². The molecule has 2 aromatic carbocycles. The van der Waals surface area contributed by atoms with Gasteiger partial charge in [0.15, 0.2) is 17.1 Å². The van der Waals surface area contributed by atoms with Crippen molar-refractivity contribution in [3.8, 4) is 28.4 Å². The number of nitrogen functional groups attached to an aromatic ring is 1. The molecule has 2 aromatic heterocycles. The van der Waals surface area contributed by atoms with Gasteiger partial charge in [0, 0.05) is 45.4 Å². The zero-order chi connectivity index (χ0) is 25.9. The smallest absolute Gasteiger partial charge is 0.228 e. The molecule has 0 atom stereocenters. The number of hydrogen-bond acceptors (Lipinski definition) is 9. The Hall–Kier alpha value is -3.96. The fourth-order valence-corrected chi connectivity index (χ4v) is 4.53. The number of aromatic nitrogens is 4. The molecule has 1 saturated heterocycles. The fourth-order valence-electron chi connectivity index (χ4n) is 4.53. The van der Waals surface area contributed by atoms with Crippen LogP contribution in [0.2, 0.25) is 0 Å². The van der Waals surface area contributed by atoms with Crippen molar-refractivity contribution < 1.29 is 18.6 Å². The quantitative estimate of drug-likeness (QED) is 0.385. The second-order valence-electron chi connectivity index (χ2n) is 8.74. The van der Waals surface area contributed by atoms with Crippen LogP contribution in [0.4, 0.5) is 16.2 Å². The lowest BCUT2D eigenvalue weighted by Crippen LogP contribution is -2.47. The predicted molar refractivity (Wildman–Crippen MR) is 140 cm³/mol. The van der Waals surface area contributed by atoms with Gasteiger partial charge in [-0.2, -0.15) is 4.98 Å². The summed E-state index contributed by atoms with van der Waals surface area (Å²) in [6, 6.07) is 11.7. The Labute approximate surface area is 214 Å². The molecule has 2 N–H and O–H groups in total. The molecule has 1 aliphatic heterocycles. The van der Waals surface area contributed by atoms with Crippen LogP contribution in [-0.2, 0) is 4.74 Å². The van der Waals surface area contributed by atoms with Gasteiger partial charge in [-0.15, -0.1) is 5.10 Å². The van der Waals surface area contributed by atoms with Crippen molar-refractivity contribution in [2.45, 2.75) is 0 Å². The standard InChI is InChI=1S/C26H30FN7O3/c1-35-14-13-32-9-11-33(12-10-32)26-29-23(17-7-8-20(36-2)21(15-17)37-3)22-24(28)34(31-25(22)30-26)19-6-4-5-18(27)16-19/h4-8,15-16H,9-14,28H2,1-3H3. The second kappa shape index (κ2) is 10.6. The van der Waals surface area contributed by atoms with Gasteiger partial charge in [0.1, 0.15) is 11.6 Å². The highest BCUT2D eigenvalue weighted by molar-refractivity contribution is 5.99. The van der Waals surface area contributed by atoms with Crippen molar-refractivity contribution in [3.63, 3.8) is 0 Å². The Balaban J connectivity index is 1.62. The normalized spacial score (nSPS) is 14.3. The summed E-state index contributed by atoms with van der Waals surface area (Å²) in [5, 5.41) is 5.24. The number of nitrogens with zero attached hydrogens (tertiary/aromatic N) is 6. The summed E-state index contributed by atoms with van der Waals surface area (Å²) in [5.74, 6) is 1.67. The molecule has 10 nitrogen and oxygen atoms in total. The SMILES string of the molecule is COCCN1CCN(c2nc(-c3ccc(OC)c(OC)c3)c3c(N)n(-c4cccc(F)c4)nc3n2)CC1. The Kier molecular flexibility index (Phi) is 7.06. The highest BCUT2D eigenvalue weighted by atomic mass is 19.1. The van der Waals surface area contributed by atoms with E-state index in [2.05, 4.69) is 14.9 Å². The summed E-state index contributed by atoms with van der Waals surface area (Å²) >= 11 is 0. The molecular weight excluding hydrogens is 477 g/mol. The number of anilines is 2. The van der Waals surface area contributed by atoms with Crippen molar-refractivity contribution >= 4 is 22.8 Å². The van der Waals surface area contributed by atoms with Gasteiger partial charge < -0.3 is 24.8 Å². The molecule has 0 spiro atoms. The van der Waals surface area contributed by atoms with Crippen LogP contribution in [0.5, 0.6) is 11.5 Å². The molecular formula is C26H30FN7O3. The van der Waals surface area contributed by atoms with Gasteiger partial charge in [-0.3, -0.25) is 4.90 Å². The van der Waals surface area contributed by atoms with E-state index in [-0.39, 0.29) is 5.82 Å². The Bertz CT molecular complexity index is 1400. The second-order valence-corrected chi connectivity index (χ2v) is 8.74. The van der Waals surface area contributed by atoms with Crippen LogP contribution in [0, 0.1) is 5.82 Å². The van der Waals surface area contributed by atoms with Crippen molar-refractivity contribution in [3.05, 3.63) is 48.3 Å². The minimum atomic E-state index is -0.380. The van der Waals surface area contributed by atoms with Crippen molar-refractivity contribution in [1.29, 1.82) is 0 Å². The van der Waals surface area contributed by atoms with Crippen molar-refractivity contribution in [1.82, 2.24) is 24.6 Å². The largest absolute Gasteiger partial charge is 0.493 e. The lowest BCUT2D eigenvalue weighted by atomic mass is 10.1. The maximum absolute atomic E-state index is 14.0. The molecule has 37 heavy (non-hydrogen) atoms. The monoisotopic (exact) mass is 507 g/mol. The maximum Gasteiger partial charge on any atom is 0.228 e. The van der Waals surface area contributed by atoms with E-state index in [1.165, 1.54) is 16.8 Å². The minimum Gasteiger partial charge on any atom is -0.493 e. The summed E-state index contributed by atoms with van der Waals surface area (Å²) in [5.41, 5.74) is 8.91. The molecule has 4 aromatic rings. The van der Waals surface area contributed by atoms with Crippen LogP contribution in [-0.4, -0.2) is 85.3 Å². The summed E-state index contributed by atoms with van der Waals surface area (Å²) in [6.45, 7) is 4.85. The van der Waals surface area contributed by atoms with E-state index in [4.69, 9.17) is 29.9 Å². The van der Waals surface area contributed by atoms with Gasteiger partial charge in [0.25, 0.3) is 0 Å². The van der Waals surface area contributed by atoms with Crippen LogP contribution in [0.25, 0.3) is 28.0 Å². The highest BCUT2D eigenvalue weighted by Crippen LogP contribution is 2.37. The molecule has 0 unspecified atom stereocenters. The molecule has 1 aliphatic rings. The third kappa shape index (κ3) is 4.87. The average molecular weight is 508 g/mol. The topological polar surface area (TPSA) is 104 Å². The van der Waals surface area contributed by atoms with Crippen molar-refractivity contribution in [2.75, 3.05) is 71.3 Å². The van der Waals surface area contributed by atoms with Gasteiger partial charge in [-0.1, -0.05) is 6.07 Å². The number of ether oxygens (including phenoxy) is 3. The fraction of sp³-hybridized carbons (Fsp3) is 0.346. The molecule has 0 amide bonds. The van der Waals surface area contributed by atoms with E-state index >= 15 is 0 Å². The zero-order valence-corrected chi connectivity index (χ0v) is 21.1. The third-order valence-electron chi connectivity index (χ3n) is 6.53. The number of piperazine rings is 1. The maximum atomic E-state index is 14.0. The number of benzene rings is 2. The zero-order valence-electron chi connectivity index (χ0n) is 21.1. The number of hydrogen-bond donors (Lipinski definition) is 1. The van der Waals surface area contributed by atoms with E-state index in [1.807, 2.05) is 18.2 Å². The number of halogens is 1. The summed E-state index contributed by atoms with van der Waals surface area (Å²) in [7, 11) is 4.89. The van der Waals surface area contributed by atoms with Crippen LogP contribution >= 0.6 is 0 Å². The Morgan fingerprint density at radius 3 is 2.43 bits per heavy atom. The first-order valence-corrected chi connectivity index (χ1v) is 12.0. The molecule has 3 heterocycles. The first kappa shape index (κ1) is 24.7. The first-order valence-electron chi connectivity index (χ1n) is 12.0. The van der Waals surface area contributed by atoms with Crippen LogP contribution in [0.3, 0.4) is 0 Å². The highest BCUT2D eigenvalue weighted by Gasteiger charge is 2.24. The van der Waals surface area contributed by atoms with E-state index in [0.717, 1.165) is 38.3 Å². The number of methoxy groups -OCH3 is 3. The number of nitrogens with two attached hydrogens (primary N) is 1. The lowest BCUT2D eigenvalue weighted by molar-refractivity contribution is 0.144. The Morgan fingerprint density at radius 2 is 1.73 bits per heavy atom. The van der Waals surface area contributed by atoms with Crippen LogP contribution in [0.1, 0.15) is 0 Å². The minimum absolute atomic E-state index is 0.321. The van der Waals surface area contributed by atoms with Gasteiger partial charge in [0.05, 0.1) is 37.6 Å². The van der Waals surface area contributed by atoms with Gasteiger partial charge in [-0.05, 0) is 36.4 Å². The summed E-state index contributed by atoms with van der Waals surface area (Å²) in [6.07, 6.45) is 0. The number of fused-ring (bicyclic) bond motifs is 1. The van der Waals surface area contributed by atoms with E-state index in [0.29, 0.717) is 52.3 Å². The molecule has 0 aliphatic carbocycles. The van der Waals surface area contributed by atoms with Crippen LogP contribution in [0.15, 0.2) is 42.5 Å². The number of rotatable bonds is 8. The van der Waals surface area contributed by atoms with E-state index in [9.17, 15) is 4.39 Å². The third-order valence-corrected chi connectivity index (χ3v) is 6.53. The molecule has 0 bridgehead atoms. The van der Waals surface area contributed by atoms with Crippen molar-refractivity contribution in [2.24, 2.45) is 0 Å². The predicted octanol–water partition coefficient (Wildman–Crippen LogP) is 2.99. The molecule has 0 saturated carbocycles. The van der Waals surface area contributed by atoms with E-state index < -0.39 is 0 Å². The molecule has 0 radical (unpaired) electrons. The molecule has 194 valence electrons. The van der Waals surface area contributed by atoms with Gasteiger partial charge in [0.2, 0.25) is 5.95 Å². The average Bonchev–Trinajstić information content (AvgIpc) is 3.27. The van der Waals surface area contributed by atoms with Crippen LogP contribution < -0.4 is 20.1 Å². The molecule has 1 fully saturated rings. The summed E-state index contributed by atoms with van der Waals surface area (Å²) in [4.78, 5) is 14.2. The van der Waals surface area contributed by atoms with Gasteiger partial charge >= 0.3 is 0 Å². The van der Waals surface area contributed by atoms with E-state index in [1.54, 1.807) is 33.5 Å².